The molecule has 20 heavy (non-hydrogen) atoms. The first-order valence-electron chi connectivity index (χ1n) is 7.24. The van der Waals surface area contributed by atoms with Crippen LogP contribution in [0.3, 0.4) is 0 Å². The molecule has 0 aliphatic heterocycles. The van der Waals surface area contributed by atoms with Crippen LogP contribution in [0.25, 0.3) is 0 Å². The largest absolute Gasteiger partial charge is 0.439 e. The second-order valence-electron chi connectivity index (χ2n) is 4.78. The molecule has 0 amide bonds. The van der Waals surface area contributed by atoms with Crippen LogP contribution in [0.4, 0.5) is 0 Å². The van der Waals surface area contributed by atoms with Crippen molar-refractivity contribution in [2.45, 2.75) is 33.2 Å². The maximum atomic E-state index is 5.83. The van der Waals surface area contributed by atoms with Crippen molar-refractivity contribution in [3.63, 3.8) is 0 Å². The fraction of sp³-hybridized carbons (Fsp3) is 0.353. The van der Waals surface area contributed by atoms with E-state index in [9.17, 15) is 0 Å². The van der Waals surface area contributed by atoms with Crippen molar-refractivity contribution in [2.75, 3.05) is 6.54 Å². The summed E-state index contributed by atoms with van der Waals surface area (Å²) in [6.07, 6.45) is 3.94. The summed E-state index contributed by atoms with van der Waals surface area (Å²) in [6, 6.07) is 12.1. The van der Waals surface area contributed by atoms with E-state index in [4.69, 9.17) is 4.74 Å². The van der Waals surface area contributed by atoms with Crippen molar-refractivity contribution >= 4 is 0 Å². The molecule has 0 radical (unpaired) electrons. The van der Waals surface area contributed by atoms with Gasteiger partial charge in [-0.05, 0) is 48.7 Å². The monoisotopic (exact) mass is 270 g/mol. The fourth-order valence-corrected chi connectivity index (χ4v) is 1.98. The van der Waals surface area contributed by atoms with E-state index in [1.165, 1.54) is 11.1 Å². The number of hydrogen-bond donors (Lipinski definition) is 1. The zero-order valence-electron chi connectivity index (χ0n) is 12.2. The van der Waals surface area contributed by atoms with Gasteiger partial charge in [0.1, 0.15) is 5.75 Å². The van der Waals surface area contributed by atoms with Gasteiger partial charge in [0.05, 0.1) is 0 Å². The number of nitrogens with zero attached hydrogens (tertiary/aromatic N) is 1. The van der Waals surface area contributed by atoms with E-state index in [-0.39, 0.29) is 0 Å². The van der Waals surface area contributed by atoms with Gasteiger partial charge in [0.25, 0.3) is 0 Å². The van der Waals surface area contributed by atoms with Gasteiger partial charge >= 0.3 is 0 Å². The van der Waals surface area contributed by atoms with Crippen molar-refractivity contribution in [3.8, 4) is 11.6 Å². The summed E-state index contributed by atoms with van der Waals surface area (Å²) in [5.41, 5.74) is 2.46. The van der Waals surface area contributed by atoms with Crippen LogP contribution in [0.15, 0.2) is 42.6 Å². The molecule has 3 nitrogen and oxygen atoms in total. The van der Waals surface area contributed by atoms with Gasteiger partial charge in [-0.15, -0.1) is 0 Å². The second-order valence-corrected chi connectivity index (χ2v) is 4.78. The van der Waals surface area contributed by atoms with Crippen molar-refractivity contribution in [2.24, 2.45) is 0 Å². The quantitative estimate of drug-likeness (QED) is 0.774. The standard InChI is InChI=1S/C17H22N2O/c1-3-9-18-13-15-8-10-19-17(12-15)20-16-7-5-6-14(4-2)11-16/h5-8,10-12,18H,3-4,9,13H2,1-2H3. The van der Waals surface area contributed by atoms with E-state index in [0.717, 1.165) is 31.7 Å². The Kier molecular flexibility index (Phi) is 5.56. The first-order chi connectivity index (χ1) is 9.81. The Hall–Kier alpha value is -1.87. The lowest BCUT2D eigenvalue weighted by atomic mass is 10.2. The first-order valence-corrected chi connectivity index (χ1v) is 7.24. The van der Waals surface area contributed by atoms with Crippen LogP contribution in [-0.4, -0.2) is 11.5 Å². The zero-order valence-corrected chi connectivity index (χ0v) is 12.2. The maximum Gasteiger partial charge on any atom is 0.219 e. The molecule has 0 saturated carbocycles. The highest BCUT2D eigenvalue weighted by molar-refractivity contribution is 5.32. The highest BCUT2D eigenvalue weighted by atomic mass is 16.5. The Morgan fingerprint density at radius 2 is 2.00 bits per heavy atom. The van der Waals surface area contributed by atoms with Gasteiger partial charge in [-0.2, -0.15) is 0 Å². The molecule has 3 heteroatoms. The average Bonchev–Trinajstić information content (AvgIpc) is 2.48. The molecule has 0 aliphatic carbocycles. The Morgan fingerprint density at radius 3 is 2.80 bits per heavy atom. The zero-order chi connectivity index (χ0) is 14.2. The minimum atomic E-state index is 0.647. The number of aryl methyl sites for hydroxylation is 1. The van der Waals surface area contributed by atoms with Crippen LogP contribution in [0.1, 0.15) is 31.4 Å². The van der Waals surface area contributed by atoms with Gasteiger partial charge in [0.15, 0.2) is 0 Å². The van der Waals surface area contributed by atoms with Crippen LogP contribution in [0.2, 0.25) is 0 Å². The summed E-state index contributed by atoms with van der Waals surface area (Å²) in [6.45, 7) is 6.17. The minimum absolute atomic E-state index is 0.647. The molecule has 0 bridgehead atoms. The lowest BCUT2D eigenvalue weighted by Crippen LogP contribution is -2.13. The van der Waals surface area contributed by atoms with Crippen molar-refractivity contribution in [1.82, 2.24) is 10.3 Å². The summed E-state index contributed by atoms with van der Waals surface area (Å²) in [7, 11) is 0. The van der Waals surface area contributed by atoms with E-state index in [1.54, 1.807) is 6.20 Å². The van der Waals surface area contributed by atoms with Crippen molar-refractivity contribution in [3.05, 3.63) is 53.7 Å². The first kappa shape index (κ1) is 14.5. The minimum Gasteiger partial charge on any atom is -0.439 e. The molecule has 0 atom stereocenters. The molecule has 0 aliphatic rings. The van der Waals surface area contributed by atoms with Crippen LogP contribution in [-0.2, 0) is 13.0 Å². The van der Waals surface area contributed by atoms with E-state index in [2.05, 4.69) is 36.3 Å². The van der Waals surface area contributed by atoms with Gasteiger partial charge in [-0.25, -0.2) is 4.98 Å². The van der Waals surface area contributed by atoms with Crippen LogP contribution >= 0.6 is 0 Å². The molecule has 2 aromatic rings. The van der Waals surface area contributed by atoms with Gasteiger partial charge in [0.2, 0.25) is 5.88 Å². The van der Waals surface area contributed by atoms with Gasteiger partial charge in [-0.3, -0.25) is 0 Å². The van der Waals surface area contributed by atoms with E-state index < -0.39 is 0 Å². The number of rotatable bonds is 7. The third kappa shape index (κ3) is 4.35. The van der Waals surface area contributed by atoms with Crippen molar-refractivity contribution in [1.29, 1.82) is 0 Å². The molecule has 1 aromatic heterocycles. The lowest BCUT2D eigenvalue weighted by molar-refractivity contribution is 0.461. The molecule has 0 saturated heterocycles. The predicted octanol–water partition coefficient (Wildman–Crippen LogP) is 3.94. The van der Waals surface area contributed by atoms with E-state index >= 15 is 0 Å². The molecule has 1 aromatic carbocycles. The highest BCUT2D eigenvalue weighted by Gasteiger charge is 2.01. The Bertz CT molecular complexity index is 540. The van der Waals surface area contributed by atoms with Gasteiger partial charge in [-0.1, -0.05) is 26.0 Å². The summed E-state index contributed by atoms with van der Waals surface area (Å²) < 4.78 is 5.83. The van der Waals surface area contributed by atoms with Crippen molar-refractivity contribution < 1.29 is 4.74 Å². The Morgan fingerprint density at radius 1 is 1.10 bits per heavy atom. The molecule has 0 unspecified atom stereocenters. The van der Waals surface area contributed by atoms with Crippen LogP contribution in [0, 0.1) is 0 Å². The molecule has 0 fully saturated rings. The number of nitrogens with one attached hydrogen (secondary N) is 1. The number of ether oxygens (including phenoxy) is 1. The topological polar surface area (TPSA) is 34.2 Å². The highest BCUT2D eigenvalue weighted by Crippen LogP contribution is 2.21. The molecule has 1 N–H and O–H groups in total. The number of hydrogen-bond acceptors (Lipinski definition) is 3. The third-order valence-corrected chi connectivity index (χ3v) is 3.08. The predicted molar refractivity (Wildman–Crippen MR) is 82.1 cm³/mol. The summed E-state index contributed by atoms with van der Waals surface area (Å²) >= 11 is 0. The molecule has 0 spiro atoms. The Labute approximate surface area is 121 Å². The van der Waals surface area contributed by atoms with Crippen LogP contribution < -0.4 is 10.1 Å². The fourth-order valence-electron chi connectivity index (χ4n) is 1.98. The van der Waals surface area contributed by atoms with Gasteiger partial charge in [0, 0.05) is 18.8 Å². The van der Waals surface area contributed by atoms with E-state index in [0.29, 0.717) is 5.88 Å². The van der Waals surface area contributed by atoms with E-state index in [1.807, 2.05) is 24.3 Å². The smallest absolute Gasteiger partial charge is 0.219 e. The summed E-state index contributed by atoms with van der Waals surface area (Å²) in [5.74, 6) is 1.49. The molecular formula is C17H22N2O. The molecule has 1 heterocycles. The third-order valence-electron chi connectivity index (χ3n) is 3.08. The molecular weight excluding hydrogens is 248 g/mol. The molecule has 106 valence electrons. The van der Waals surface area contributed by atoms with Gasteiger partial charge < -0.3 is 10.1 Å². The second kappa shape index (κ2) is 7.65. The average molecular weight is 270 g/mol. The van der Waals surface area contributed by atoms with Crippen LogP contribution in [0.5, 0.6) is 11.6 Å². The summed E-state index contributed by atoms with van der Waals surface area (Å²) in [5, 5.41) is 3.38. The summed E-state index contributed by atoms with van der Waals surface area (Å²) in [4.78, 5) is 4.27. The SMILES string of the molecule is CCCNCc1ccnc(Oc2cccc(CC)c2)c1. The lowest BCUT2D eigenvalue weighted by Gasteiger charge is -2.08. The Balaban J connectivity index is 2.03. The number of benzene rings is 1. The number of pyridine rings is 1. The number of aromatic nitrogens is 1. The normalized spacial score (nSPS) is 10.5. The maximum absolute atomic E-state index is 5.83. The molecule has 2 rings (SSSR count).